The topological polar surface area (TPSA) is 67.8 Å². The highest BCUT2D eigenvalue weighted by Crippen LogP contribution is 2.40. The lowest BCUT2D eigenvalue weighted by Gasteiger charge is -2.36. The molecule has 0 aliphatic carbocycles. The van der Waals surface area contributed by atoms with Gasteiger partial charge in [-0.2, -0.15) is 11.3 Å². The number of benzene rings is 1. The van der Waals surface area contributed by atoms with Crippen molar-refractivity contribution in [1.82, 2.24) is 0 Å². The van der Waals surface area contributed by atoms with Gasteiger partial charge in [0.15, 0.2) is 5.76 Å². The molecular formula is C21H25NO4S. The lowest BCUT2D eigenvalue weighted by molar-refractivity contribution is -0.164. The Hall–Kier alpha value is -2.15. The van der Waals surface area contributed by atoms with E-state index >= 15 is 0 Å². The minimum absolute atomic E-state index is 0.00428. The summed E-state index contributed by atoms with van der Waals surface area (Å²) in [5, 5.41) is 16.3. The Labute approximate surface area is 163 Å². The normalized spacial score (nSPS) is 22.0. The van der Waals surface area contributed by atoms with Crippen LogP contribution in [0.3, 0.4) is 0 Å². The van der Waals surface area contributed by atoms with Gasteiger partial charge in [-0.1, -0.05) is 18.2 Å². The number of carbonyl (C=O) groups excluding carboxylic acids is 1. The van der Waals surface area contributed by atoms with Crippen molar-refractivity contribution >= 4 is 22.9 Å². The van der Waals surface area contributed by atoms with Gasteiger partial charge in [0.05, 0.1) is 0 Å². The summed E-state index contributed by atoms with van der Waals surface area (Å²) in [4.78, 5) is 12.8. The smallest absolute Gasteiger partial charge is 0.290 e. The number of allylic oxidation sites excluding steroid dienone is 1. The van der Waals surface area contributed by atoms with E-state index in [1.807, 2.05) is 48.7 Å². The number of anilines is 1. The molecule has 144 valence electrons. The van der Waals surface area contributed by atoms with Gasteiger partial charge in [0, 0.05) is 30.7 Å². The number of aliphatic hydroxyl groups is 1. The number of aliphatic hydroxyl groups excluding tert-OH is 1. The Morgan fingerprint density at radius 2 is 2.11 bits per heavy atom. The maximum atomic E-state index is 12.8. The van der Waals surface area contributed by atoms with Crippen LogP contribution in [0.5, 0.6) is 0 Å². The van der Waals surface area contributed by atoms with E-state index in [2.05, 4.69) is 16.8 Å². The second-order valence-corrected chi connectivity index (χ2v) is 7.18. The van der Waals surface area contributed by atoms with Gasteiger partial charge < -0.3 is 19.9 Å². The quantitative estimate of drug-likeness (QED) is 0.714. The molecule has 3 rings (SSSR count). The van der Waals surface area contributed by atoms with Crippen molar-refractivity contribution in [2.75, 3.05) is 18.5 Å². The molecule has 0 fully saturated rings. The zero-order chi connectivity index (χ0) is 19.1. The molecule has 27 heavy (non-hydrogen) atoms. The van der Waals surface area contributed by atoms with Crippen molar-refractivity contribution in [2.24, 2.45) is 5.92 Å². The molecule has 2 aromatic rings. The van der Waals surface area contributed by atoms with Gasteiger partial charge >= 0.3 is 0 Å². The van der Waals surface area contributed by atoms with Crippen molar-refractivity contribution in [3.05, 3.63) is 64.6 Å². The first-order valence-electron chi connectivity index (χ1n) is 9.22. The minimum atomic E-state index is -0.520. The van der Waals surface area contributed by atoms with Crippen LogP contribution in [0.2, 0.25) is 0 Å². The summed E-state index contributed by atoms with van der Waals surface area (Å²) >= 11 is 1.63. The number of amides is 1. The molecule has 1 aliphatic rings. The molecule has 5 nitrogen and oxygen atoms in total. The maximum Gasteiger partial charge on any atom is 0.290 e. The standard InChI is InChI=1S/C21H25NO4S/c1-2-25-21-17(9-6-11-23)18(15-10-12-27-14-15)13-19(26-21)20(24)22-16-7-4-3-5-8-16/h3-5,7-8,10,12-14,17-18,21,23H,2,6,9,11H2,1H3,(H,22,24)/t17-,18-,21-/m1/s1. The third-order valence-electron chi connectivity index (χ3n) is 4.59. The molecule has 6 heteroatoms. The number of hydrogen-bond donors (Lipinski definition) is 2. The highest BCUT2D eigenvalue weighted by molar-refractivity contribution is 7.08. The molecule has 1 aromatic carbocycles. The zero-order valence-corrected chi connectivity index (χ0v) is 16.2. The van der Waals surface area contributed by atoms with Gasteiger partial charge in [-0.25, -0.2) is 0 Å². The number of para-hydroxylation sites is 1. The summed E-state index contributed by atoms with van der Waals surface area (Å²) in [7, 11) is 0. The third kappa shape index (κ3) is 4.97. The van der Waals surface area contributed by atoms with Crippen LogP contribution in [0.15, 0.2) is 59.0 Å². The van der Waals surface area contributed by atoms with E-state index in [4.69, 9.17) is 9.47 Å². The molecule has 0 unspecified atom stereocenters. The zero-order valence-electron chi connectivity index (χ0n) is 15.3. The Morgan fingerprint density at radius 1 is 1.30 bits per heavy atom. The molecule has 1 amide bonds. The summed E-state index contributed by atoms with van der Waals surface area (Å²) in [6.07, 6.45) is 2.79. The number of ether oxygens (including phenoxy) is 2. The molecule has 1 aromatic heterocycles. The van der Waals surface area contributed by atoms with Gasteiger partial charge in [-0.05, 0) is 60.4 Å². The van der Waals surface area contributed by atoms with Gasteiger partial charge in [0.2, 0.25) is 6.29 Å². The van der Waals surface area contributed by atoms with E-state index in [-0.39, 0.29) is 30.1 Å². The molecule has 0 saturated carbocycles. The van der Waals surface area contributed by atoms with E-state index in [1.54, 1.807) is 11.3 Å². The average Bonchev–Trinajstić information content (AvgIpc) is 3.22. The fraction of sp³-hybridized carbons (Fsp3) is 0.381. The first-order chi connectivity index (χ1) is 13.2. The predicted octanol–water partition coefficient (Wildman–Crippen LogP) is 4.14. The number of carbonyl (C=O) groups is 1. The minimum Gasteiger partial charge on any atom is -0.459 e. The molecule has 2 heterocycles. The molecule has 0 spiro atoms. The van der Waals surface area contributed by atoms with Crippen LogP contribution in [0.1, 0.15) is 31.2 Å². The lowest BCUT2D eigenvalue weighted by atomic mass is 9.81. The largest absolute Gasteiger partial charge is 0.459 e. The molecule has 2 N–H and O–H groups in total. The van der Waals surface area contributed by atoms with Crippen molar-refractivity contribution in [2.45, 2.75) is 32.0 Å². The SMILES string of the molecule is CCO[C@@H]1OC(C(=O)Nc2ccccc2)=C[C@H](c2ccsc2)[C@H]1CCCO. The van der Waals surface area contributed by atoms with E-state index in [0.717, 1.165) is 17.7 Å². The number of thiophene rings is 1. The monoisotopic (exact) mass is 387 g/mol. The van der Waals surface area contributed by atoms with Crippen molar-refractivity contribution in [3.8, 4) is 0 Å². The van der Waals surface area contributed by atoms with Gasteiger partial charge in [0.1, 0.15) is 0 Å². The molecule has 1 aliphatic heterocycles. The van der Waals surface area contributed by atoms with E-state index < -0.39 is 6.29 Å². The highest BCUT2D eigenvalue weighted by atomic mass is 32.1. The summed E-state index contributed by atoms with van der Waals surface area (Å²) in [6.45, 7) is 2.52. The fourth-order valence-electron chi connectivity index (χ4n) is 3.32. The Bertz CT molecular complexity index is 745. The van der Waals surface area contributed by atoms with Gasteiger partial charge in [0.25, 0.3) is 5.91 Å². The van der Waals surface area contributed by atoms with Crippen LogP contribution < -0.4 is 5.32 Å². The first kappa shape index (κ1) is 19.6. The highest BCUT2D eigenvalue weighted by Gasteiger charge is 2.37. The van der Waals surface area contributed by atoms with Crippen LogP contribution in [0.25, 0.3) is 0 Å². The number of rotatable bonds is 8. The van der Waals surface area contributed by atoms with Crippen molar-refractivity contribution < 1.29 is 19.4 Å². The number of hydrogen-bond acceptors (Lipinski definition) is 5. The van der Waals surface area contributed by atoms with Crippen LogP contribution in [0.4, 0.5) is 5.69 Å². The average molecular weight is 388 g/mol. The van der Waals surface area contributed by atoms with Gasteiger partial charge in [-0.15, -0.1) is 0 Å². The van der Waals surface area contributed by atoms with Crippen molar-refractivity contribution in [3.63, 3.8) is 0 Å². The Kier molecular flexibility index (Phi) is 7.04. The van der Waals surface area contributed by atoms with Crippen LogP contribution >= 0.6 is 11.3 Å². The molecular weight excluding hydrogens is 362 g/mol. The Balaban J connectivity index is 1.87. The fourth-order valence-corrected chi connectivity index (χ4v) is 4.03. The summed E-state index contributed by atoms with van der Waals surface area (Å²) in [5.41, 5.74) is 1.86. The number of nitrogens with one attached hydrogen (secondary N) is 1. The molecule has 0 saturated heterocycles. The molecule has 0 bridgehead atoms. The van der Waals surface area contributed by atoms with Crippen LogP contribution in [-0.2, 0) is 14.3 Å². The lowest BCUT2D eigenvalue weighted by Crippen LogP contribution is -2.37. The summed E-state index contributed by atoms with van der Waals surface area (Å²) < 4.78 is 11.8. The second-order valence-electron chi connectivity index (χ2n) is 6.40. The molecule has 0 radical (unpaired) electrons. The van der Waals surface area contributed by atoms with Crippen LogP contribution in [-0.4, -0.2) is 30.5 Å². The first-order valence-corrected chi connectivity index (χ1v) is 10.2. The predicted molar refractivity (Wildman–Crippen MR) is 107 cm³/mol. The summed E-state index contributed by atoms with van der Waals surface area (Å²) in [5.74, 6) is 0.0325. The maximum absolute atomic E-state index is 12.8. The molecule has 3 atom stereocenters. The Morgan fingerprint density at radius 3 is 2.78 bits per heavy atom. The van der Waals surface area contributed by atoms with E-state index in [0.29, 0.717) is 13.0 Å². The van der Waals surface area contributed by atoms with Gasteiger partial charge in [-0.3, -0.25) is 4.79 Å². The second kappa shape index (κ2) is 9.69. The van der Waals surface area contributed by atoms with E-state index in [9.17, 15) is 9.90 Å². The summed E-state index contributed by atoms with van der Waals surface area (Å²) in [6, 6.07) is 11.4. The third-order valence-corrected chi connectivity index (χ3v) is 5.30. The van der Waals surface area contributed by atoms with Crippen molar-refractivity contribution in [1.29, 1.82) is 0 Å². The van der Waals surface area contributed by atoms with Crippen LogP contribution in [0, 0.1) is 5.92 Å². The van der Waals surface area contributed by atoms with E-state index in [1.165, 1.54) is 0 Å².